The van der Waals surface area contributed by atoms with Crippen LogP contribution in [0.5, 0.6) is 0 Å². The van der Waals surface area contributed by atoms with Crippen molar-refractivity contribution in [1.82, 2.24) is 4.98 Å². The maximum Gasteiger partial charge on any atom is 0.340 e. The summed E-state index contributed by atoms with van der Waals surface area (Å²) in [5, 5.41) is 9.00. The van der Waals surface area contributed by atoms with Crippen molar-refractivity contribution < 1.29 is 19.4 Å². The lowest BCUT2D eigenvalue weighted by Gasteiger charge is -2.20. The molecule has 1 aromatic rings. The highest BCUT2D eigenvalue weighted by Crippen LogP contribution is 2.17. The summed E-state index contributed by atoms with van der Waals surface area (Å²) in [6.45, 7) is 8.49. The van der Waals surface area contributed by atoms with Gasteiger partial charge in [0.25, 0.3) is 0 Å². The fourth-order valence-electron chi connectivity index (χ4n) is 1.48. The summed E-state index contributed by atoms with van der Waals surface area (Å²) < 4.78 is 5.21. The highest BCUT2D eigenvalue weighted by molar-refractivity contribution is 5.95. The van der Waals surface area contributed by atoms with Gasteiger partial charge in [0.15, 0.2) is 0 Å². The second-order valence-electron chi connectivity index (χ2n) is 5.06. The number of carbonyl (C=O) groups is 2. The van der Waals surface area contributed by atoms with Crippen molar-refractivity contribution in [3.63, 3.8) is 0 Å². The standard InChI is InChI=1S/C13H17NO4/c1-7-9(11(15)16)6-10(8(2)14-7)12(17)18-13(3,4)5/h6H,1-5H3,(H,15,16). The van der Waals surface area contributed by atoms with Gasteiger partial charge in [-0.05, 0) is 40.7 Å². The Balaban J connectivity index is 3.21. The number of ether oxygens (including phenoxy) is 1. The van der Waals surface area contributed by atoms with Crippen molar-refractivity contribution in [2.24, 2.45) is 0 Å². The van der Waals surface area contributed by atoms with Crippen LogP contribution in [0.4, 0.5) is 0 Å². The van der Waals surface area contributed by atoms with Gasteiger partial charge in [-0.25, -0.2) is 9.59 Å². The molecule has 5 nitrogen and oxygen atoms in total. The fraction of sp³-hybridized carbons (Fsp3) is 0.462. The lowest BCUT2D eigenvalue weighted by molar-refractivity contribution is 0.00682. The van der Waals surface area contributed by atoms with Crippen LogP contribution in [0.15, 0.2) is 6.07 Å². The molecule has 0 unspecified atom stereocenters. The molecule has 0 aliphatic heterocycles. The van der Waals surface area contributed by atoms with E-state index in [1.807, 2.05) is 0 Å². The number of hydrogen-bond acceptors (Lipinski definition) is 4. The second-order valence-corrected chi connectivity index (χ2v) is 5.06. The Morgan fingerprint density at radius 1 is 1.17 bits per heavy atom. The van der Waals surface area contributed by atoms with Crippen LogP contribution in [-0.4, -0.2) is 27.6 Å². The summed E-state index contributed by atoms with van der Waals surface area (Å²) in [4.78, 5) is 27.0. The third kappa shape index (κ3) is 3.29. The molecule has 0 aliphatic rings. The van der Waals surface area contributed by atoms with Gasteiger partial charge in [-0.2, -0.15) is 0 Å². The largest absolute Gasteiger partial charge is 0.478 e. The molecular weight excluding hydrogens is 234 g/mol. The Hall–Kier alpha value is -1.91. The first-order valence-electron chi connectivity index (χ1n) is 5.56. The number of carboxylic acids is 1. The third-order valence-corrected chi connectivity index (χ3v) is 2.25. The molecule has 1 rings (SSSR count). The van der Waals surface area contributed by atoms with Crippen LogP contribution in [-0.2, 0) is 4.74 Å². The monoisotopic (exact) mass is 251 g/mol. The molecule has 98 valence electrons. The van der Waals surface area contributed by atoms with E-state index >= 15 is 0 Å². The average molecular weight is 251 g/mol. The van der Waals surface area contributed by atoms with E-state index in [0.717, 1.165) is 0 Å². The van der Waals surface area contributed by atoms with Crippen LogP contribution in [0.3, 0.4) is 0 Å². The number of esters is 1. The Labute approximate surface area is 106 Å². The molecule has 1 N–H and O–H groups in total. The highest BCUT2D eigenvalue weighted by Gasteiger charge is 2.22. The fourth-order valence-corrected chi connectivity index (χ4v) is 1.48. The molecule has 0 radical (unpaired) electrons. The van der Waals surface area contributed by atoms with Crippen LogP contribution in [0.1, 0.15) is 52.9 Å². The summed E-state index contributed by atoms with van der Waals surface area (Å²) in [7, 11) is 0. The van der Waals surface area contributed by atoms with E-state index in [9.17, 15) is 9.59 Å². The van der Waals surface area contributed by atoms with E-state index < -0.39 is 17.5 Å². The smallest absolute Gasteiger partial charge is 0.340 e. The van der Waals surface area contributed by atoms with Crippen LogP contribution >= 0.6 is 0 Å². The normalized spacial score (nSPS) is 11.2. The van der Waals surface area contributed by atoms with Crippen LogP contribution in [0.2, 0.25) is 0 Å². The first-order valence-corrected chi connectivity index (χ1v) is 5.56. The quantitative estimate of drug-likeness (QED) is 0.816. The van der Waals surface area contributed by atoms with Gasteiger partial charge in [-0.15, -0.1) is 0 Å². The number of carboxylic acid groups (broad SMARTS) is 1. The summed E-state index contributed by atoms with van der Waals surface area (Å²) in [5.41, 5.74) is 0.422. The zero-order valence-corrected chi connectivity index (χ0v) is 11.2. The Morgan fingerprint density at radius 2 is 1.67 bits per heavy atom. The molecule has 0 atom stereocenters. The highest BCUT2D eigenvalue weighted by atomic mass is 16.6. The van der Waals surface area contributed by atoms with Gasteiger partial charge in [-0.1, -0.05) is 0 Å². The van der Waals surface area contributed by atoms with Gasteiger partial charge in [0.1, 0.15) is 5.60 Å². The van der Waals surface area contributed by atoms with E-state index in [4.69, 9.17) is 9.84 Å². The molecule has 0 aromatic carbocycles. The summed E-state index contributed by atoms with van der Waals surface area (Å²) in [5.74, 6) is -1.67. The first-order chi connectivity index (χ1) is 8.11. The Kier molecular flexibility index (Phi) is 3.74. The molecule has 0 amide bonds. The zero-order chi connectivity index (χ0) is 14.1. The number of hydrogen-bond donors (Lipinski definition) is 1. The molecule has 0 saturated heterocycles. The molecule has 1 heterocycles. The molecule has 1 aromatic heterocycles. The Bertz CT molecular complexity index is 500. The number of pyridine rings is 1. The predicted molar refractivity (Wildman–Crippen MR) is 65.8 cm³/mol. The van der Waals surface area contributed by atoms with E-state index in [1.54, 1.807) is 34.6 Å². The summed E-state index contributed by atoms with van der Waals surface area (Å²) in [6, 6.07) is 1.31. The van der Waals surface area contributed by atoms with Gasteiger partial charge >= 0.3 is 11.9 Å². The van der Waals surface area contributed by atoms with Gasteiger partial charge in [-0.3, -0.25) is 4.98 Å². The van der Waals surface area contributed by atoms with Crippen LogP contribution in [0.25, 0.3) is 0 Å². The average Bonchev–Trinajstić information content (AvgIpc) is 2.13. The van der Waals surface area contributed by atoms with Gasteiger partial charge < -0.3 is 9.84 Å². The Morgan fingerprint density at radius 3 is 2.11 bits per heavy atom. The number of nitrogens with zero attached hydrogens (tertiary/aromatic N) is 1. The van der Waals surface area contributed by atoms with Crippen molar-refractivity contribution in [3.05, 3.63) is 28.6 Å². The molecule has 0 bridgehead atoms. The SMILES string of the molecule is Cc1nc(C)c(C(=O)OC(C)(C)C)cc1C(=O)O. The van der Waals surface area contributed by atoms with Gasteiger partial charge in [0, 0.05) is 0 Å². The van der Waals surface area contributed by atoms with E-state index in [-0.39, 0.29) is 11.1 Å². The maximum absolute atomic E-state index is 11.9. The molecule has 0 fully saturated rings. The predicted octanol–water partition coefficient (Wildman–Crippen LogP) is 2.35. The maximum atomic E-state index is 11.9. The van der Waals surface area contributed by atoms with Gasteiger partial charge in [0.05, 0.1) is 22.5 Å². The van der Waals surface area contributed by atoms with Gasteiger partial charge in [0.2, 0.25) is 0 Å². The zero-order valence-electron chi connectivity index (χ0n) is 11.2. The minimum atomic E-state index is -1.11. The van der Waals surface area contributed by atoms with Crippen LogP contribution < -0.4 is 0 Å². The molecule has 0 aliphatic carbocycles. The van der Waals surface area contributed by atoms with Crippen molar-refractivity contribution in [3.8, 4) is 0 Å². The number of aromatic nitrogens is 1. The van der Waals surface area contributed by atoms with E-state index in [2.05, 4.69) is 4.98 Å². The summed E-state index contributed by atoms with van der Waals surface area (Å²) in [6.07, 6.45) is 0. The number of aryl methyl sites for hydroxylation is 2. The number of rotatable bonds is 2. The minimum Gasteiger partial charge on any atom is -0.478 e. The molecule has 0 saturated carbocycles. The number of aromatic carboxylic acids is 1. The number of carbonyl (C=O) groups excluding carboxylic acids is 1. The lowest BCUT2D eigenvalue weighted by atomic mass is 10.1. The third-order valence-electron chi connectivity index (χ3n) is 2.25. The van der Waals surface area contributed by atoms with Crippen molar-refractivity contribution in [2.45, 2.75) is 40.2 Å². The second kappa shape index (κ2) is 4.76. The first kappa shape index (κ1) is 14.2. The molecule has 0 spiro atoms. The van der Waals surface area contributed by atoms with E-state index in [1.165, 1.54) is 6.07 Å². The molecule has 5 heteroatoms. The van der Waals surface area contributed by atoms with Crippen molar-refractivity contribution in [2.75, 3.05) is 0 Å². The van der Waals surface area contributed by atoms with Crippen LogP contribution in [0, 0.1) is 13.8 Å². The summed E-state index contributed by atoms with van der Waals surface area (Å²) >= 11 is 0. The lowest BCUT2D eigenvalue weighted by Crippen LogP contribution is -2.25. The molecular formula is C13H17NO4. The molecule has 18 heavy (non-hydrogen) atoms. The van der Waals surface area contributed by atoms with Crippen molar-refractivity contribution in [1.29, 1.82) is 0 Å². The topological polar surface area (TPSA) is 76.5 Å². The van der Waals surface area contributed by atoms with Crippen molar-refractivity contribution >= 4 is 11.9 Å². The minimum absolute atomic E-state index is 0.0152. The van der Waals surface area contributed by atoms with E-state index in [0.29, 0.717) is 11.4 Å².